The lowest BCUT2D eigenvalue weighted by atomic mass is 10.1. The van der Waals surface area contributed by atoms with Crippen molar-refractivity contribution < 1.29 is 14.3 Å². The van der Waals surface area contributed by atoms with Crippen molar-refractivity contribution in [1.29, 1.82) is 0 Å². The number of esters is 1. The molecule has 2 aromatic heterocycles. The Kier molecular flexibility index (Phi) is 6.90. The molecule has 2 heterocycles. The summed E-state index contributed by atoms with van der Waals surface area (Å²) in [7, 11) is 0. The monoisotopic (exact) mass is 441 g/mol. The van der Waals surface area contributed by atoms with Crippen LogP contribution >= 0.6 is 11.3 Å². The lowest BCUT2D eigenvalue weighted by molar-refractivity contribution is -0.116. The largest absolute Gasteiger partial charge is 0.461 e. The topological polar surface area (TPSA) is 90.3 Å². The van der Waals surface area contributed by atoms with Crippen molar-refractivity contribution >= 4 is 39.2 Å². The van der Waals surface area contributed by atoms with Crippen LogP contribution in [-0.4, -0.2) is 28.0 Å². The van der Waals surface area contributed by atoms with Gasteiger partial charge in [0.2, 0.25) is 5.91 Å². The van der Waals surface area contributed by atoms with Gasteiger partial charge in [-0.05, 0) is 37.8 Å². The maximum Gasteiger partial charge on any atom is 0.350 e. The van der Waals surface area contributed by atoms with Crippen molar-refractivity contribution in [2.24, 2.45) is 5.92 Å². The maximum absolute atomic E-state index is 12.6. The molecule has 0 aliphatic carbocycles. The third kappa shape index (κ3) is 5.19. The van der Waals surface area contributed by atoms with Gasteiger partial charge < -0.3 is 14.6 Å². The molecule has 0 aliphatic rings. The smallest absolute Gasteiger partial charge is 0.350 e. The van der Waals surface area contributed by atoms with Gasteiger partial charge in [-0.3, -0.25) is 9.59 Å². The Balaban J connectivity index is 1.71. The van der Waals surface area contributed by atoms with Gasteiger partial charge in [0.25, 0.3) is 5.56 Å². The molecule has 3 aromatic rings. The average Bonchev–Trinajstić information content (AvgIpc) is 3.06. The Morgan fingerprint density at radius 3 is 2.65 bits per heavy atom. The van der Waals surface area contributed by atoms with Crippen molar-refractivity contribution in [3.63, 3.8) is 0 Å². The van der Waals surface area contributed by atoms with E-state index in [0.717, 1.165) is 33.4 Å². The highest BCUT2D eigenvalue weighted by Gasteiger charge is 2.18. The maximum atomic E-state index is 12.6. The number of para-hydroxylation sites is 1. The van der Waals surface area contributed by atoms with Crippen LogP contribution in [-0.2, 0) is 16.1 Å². The standard InChI is InChI=1S/C23H27N3O4S/c1-13(2)12-30-22(29)21-16(5)24-23(31-21)25-18(27)9-10-26-19(28)11-15(4)17-8-6-7-14(3)20(17)26/h6-8,11,13H,9-10,12H2,1-5H3,(H,24,25,27). The zero-order valence-electron chi connectivity index (χ0n) is 18.4. The molecule has 0 saturated carbocycles. The molecule has 31 heavy (non-hydrogen) atoms. The van der Waals surface area contributed by atoms with Gasteiger partial charge in [0.05, 0.1) is 17.8 Å². The summed E-state index contributed by atoms with van der Waals surface area (Å²) in [5.74, 6) is -0.469. The molecule has 0 fully saturated rings. The van der Waals surface area contributed by atoms with E-state index in [1.807, 2.05) is 45.9 Å². The van der Waals surface area contributed by atoms with Crippen LogP contribution in [0.5, 0.6) is 0 Å². The minimum Gasteiger partial charge on any atom is -0.461 e. The second kappa shape index (κ2) is 9.43. The van der Waals surface area contributed by atoms with E-state index < -0.39 is 5.97 Å². The number of nitrogens with zero attached hydrogens (tertiary/aromatic N) is 2. The van der Waals surface area contributed by atoms with E-state index in [2.05, 4.69) is 10.3 Å². The number of nitrogens with one attached hydrogen (secondary N) is 1. The second-order valence-corrected chi connectivity index (χ2v) is 9.01. The highest BCUT2D eigenvalue weighted by Crippen LogP contribution is 2.24. The summed E-state index contributed by atoms with van der Waals surface area (Å²) in [6.45, 7) is 10.1. The number of rotatable bonds is 7. The summed E-state index contributed by atoms with van der Waals surface area (Å²) < 4.78 is 6.89. The molecule has 164 valence electrons. The number of carbonyl (C=O) groups excluding carboxylic acids is 2. The number of thiazole rings is 1. The molecule has 7 nitrogen and oxygen atoms in total. The van der Waals surface area contributed by atoms with Crippen molar-refractivity contribution in [3.8, 4) is 0 Å². The number of hydrogen-bond acceptors (Lipinski definition) is 6. The molecule has 1 amide bonds. The summed E-state index contributed by atoms with van der Waals surface area (Å²) in [5.41, 5.74) is 3.14. The third-order valence-corrected chi connectivity index (χ3v) is 5.93. The van der Waals surface area contributed by atoms with Gasteiger partial charge in [-0.1, -0.05) is 43.4 Å². The van der Waals surface area contributed by atoms with Gasteiger partial charge in [-0.2, -0.15) is 0 Å². The fraction of sp³-hybridized carbons (Fsp3) is 0.391. The molecule has 1 aromatic carbocycles. The van der Waals surface area contributed by atoms with Crippen LogP contribution in [0.25, 0.3) is 10.9 Å². The van der Waals surface area contributed by atoms with E-state index >= 15 is 0 Å². The molecule has 3 rings (SSSR count). The fourth-order valence-corrected chi connectivity index (χ4v) is 4.23. The first kappa shape index (κ1) is 22.7. The van der Waals surface area contributed by atoms with Crippen LogP contribution in [0.1, 0.15) is 46.8 Å². The summed E-state index contributed by atoms with van der Waals surface area (Å²) in [6.07, 6.45) is 0.109. The van der Waals surface area contributed by atoms with Crippen molar-refractivity contribution in [2.75, 3.05) is 11.9 Å². The van der Waals surface area contributed by atoms with E-state index in [1.165, 1.54) is 0 Å². The number of ether oxygens (including phenoxy) is 1. The molecule has 0 atom stereocenters. The summed E-state index contributed by atoms with van der Waals surface area (Å²) in [6, 6.07) is 7.49. The summed E-state index contributed by atoms with van der Waals surface area (Å²) in [4.78, 5) is 41.9. The van der Waals surface area contributed by atoms with Crippen molar-refractivity contribution in [2.45, 2.75) is 47.6 Å². The first-order chi connectivity index (χ1) is 14.7. The number of anilines is 1. The Morgan fingerprint density at radius 2 is 1.94 bits per heavy atom. The van der Waals surface area contributed by atoms with E-state index in [1.54, 1.807) is 17.6 Å². The Morgan fingerprint density at radius 1 is 1.19 bits per heavy atom. The average molecular weight is 442 g/mol. The Hall–Kier alpha value is -3.00. The zero-order chi connectivity index (χ0) is 22.7. The predicted molar refractivity (Wildman–Crippen MR) is 123 cm³/mol. The van der Waals surface area contributed by atoms with E-state index in [9.17, 15) is 14.4 Å². The highest BCUT2D eigenvalue weighted by atomic mass is 32.1. The zero-order valence-corrected chi connectivity index (χ0v) is 19.3. The molecule has 0 aliphatic heterocycles. The molecular weight excluding hydrogens is 414 g/mol. The molecular formula is C23H27N3O4S. The van der Waals surface area contributed by atoms with E-state index in [0.29, 0.717) is 22.3 Å². The number of aromatic nitrogens is 2. The minimum absolute atomic E-state index is 0.109. The number of benzene rings is 1. The number of carbonyl (C=O) groups is 2. The number of pyridine rings is 1. The van der Waals surface area contributed by atoms with E-state index in [-0.39, 0.29) is 30.3 Å². The molecule has 0 unspecified atom stereocenters. The predicted octanol–water partition coefficient (Wildman–Crippen LogP) is 4.22. The van der Waals surface area contributed by atoms with Crippen molar-refractivity contribution in [3.05, 3.63) is 56.3 Å². The molecule has 1 N–H and O–H groups in total. The normalized spacial score (nSPS) is 11.2. The molecule has 0 radical (unpaired) electrons. The number of amides is 1. The van der Waals surface area contributed by atoms with E-state index in [4.69, 9.17) is 4.74 Å². The van der Waals surface area contributed by atoms with Crippen molar-refractivity contribution in [1.82, 2.24) is 9.55 Å². The molecule has 0 bridgehead atoms. The minimum atomic E-state index is -0.433. The van der Waals surface area contributed by atoms with Crippen LogP contribution < -0.4 is 10.9 Å². The van der Waals surface area contributed by atoms with Crippen LogP contribution in [0.3, 0.4) is 0 Å². The fourth-order valence-electron chi connectivity index (χ4n) is 3.35. The lowest BCUT2D eigenvalue weighted by Gasteiger charge is -2.14. The van der Waals surface area contributed by atoms with Gasteiger partial charge in [0, 0.05) is 24.4 Å². The third-order valence-electron chi connectivity index (χ3n) is 4.88. The molecule has 0 spiro atoms. The van der Waals surface area contributed by atoms with Crippen LogP contribution in [0.2, 0.25) is 0 Å². The number of fused-ring (bicyclic) bond motifs is 1. The lowest BCUT2D eigenvalue weighted by Crippen LogP contribution is -2.24. The Labute approximate surface area is 185 Å². The van der Waals surface area contributed by atoms with Crippen LogP contribution in [0.15, 0.2) is 29.1 Å². The summed E-state index contributed by atoms with van der Waals surface area (Å²) >= 11 is 1.09. The van der Waals surface area contributed by atoms with Gasteiger partial charge >= 0.3 is 5.97 Å². The highest BCUT2D eigenvalue weighted by molar-refractivity contribution is 7.17. The quantitative estimate of drug-likeness (QED) is 0.554. The SMILES string of the molecule is Cc1nc(NC(=O)CCn2c(=O)cc(C)c3cccc(C)c32)sc1C(=O)OCC(C)C. The van der Waals surface area contributed by atoms with Gasteiger partial charge in [-0.15, -0.1) is 0 Å². The first-order valence-electron chi connectivity index (χ1n) is 10.2. The van der Waals surface area contributed by atoms with Gasteiger partial charge in [0.1, 0.15) is 4.88 Å². The second-order valence-electron chi connectivity index (χ2n) is 8.01. The van der Waals surface area contributed by atoms with Gasteiger partial charge in [0.15, 0.2) is 5.13 Å². The summed E-state index contributed by atoms with van der Waals surface area (Å²) in [5, 5.41) is 4.08. The Bertz CT molecular complexity index is 1190. The molecule has 8 heteroatoms. The first-order valence-corrected chi connectivity index (χ1v) is 11.0. The number of hydrogen-bond donors (Lipinski definition) is 1. The van der Waals surface area contributed by atoms with Crippen LogP contribution in [0.4, 0.5) is 5.13 Å². The van der Waals surface area contributed by atoms with Gasteiger partial charge in [-0.25, -0.2) is 9.78 Å². The van der Waals surface area contributed by atoms with Crippen LogP contribution in [0, 0.1) is 26.7 Å². The molecule has 0 saturated heterocycles. The number of aryl methyl sites for hydroxylation is 4.